The third kappa shape index (κ3) is 29.8. The summed E-state index contributed by atoms with van der Waals surface area (Å²) in [7, 11) is -4.31. The van der Waals surface area contributed by atoms with Crippen LogP contribution in [0.25, 0.3) is 0 Å². The van der Waals surface area contributed by atoms with Crippen molar-refractivity contribution < 1.29 is 22.9 Å². The number of rotatable bonds is 29. The summed E-state index contributed by atoms with van der Waals surface area (Å²) < 4.78 is 32.3. The van der Waals surface area contributed by atoms with E-state index in [0.29, 0.717) is 12.8 Å². The second kappa shape index (κ2) is 28.7. The van der Waals surface area contributed by atoms with E-state index in [1.807, 2.05) is 0 Å². The molecule has 0 bridgehead atoms. The van der Waals surface area contributed by atoms with E-state index >= 15 is 0 Å². The fourth-order valence-electron chi connectivity index (χ4n) is 4.88. The molecule has 0 aliphatic rings. The van der Waals surface area contributed by atoms with Crippen molar-refractivity contribution in [2.24, 2.45) is 0 Å². The van der Waals surface area contributed by atoms with Crippen LogP contribution in [0.3, 0.4) is 0 Å². The maximum Gasteiger partial charge on any atom is 0.266 e. The van der Waals surface area contributed by atoms with Crippen molar-refractivity contribution in [3.63, 3.8) is 0 Å². The molecule has 3 N–H and O–H groups in total. The first-order valence-corrected chi connectivity index (χ1v) is 18.3. The van der Waals surface area contributed by atoms with Gasteiger partial charge in [0.1, 0.15) is 0 Å². The number of hydrogen-bond acceptors (Lipinski definition) is 4. The molecular weight excluding hydrogens is 534 g/mol. The molecule has 0 aliphatic carbocycles. The highest BCUT2D eigenvalue weighted by atomic mass is 32.2. The van der Waals surface area contributed by atoms with Crippen LogP contribution in [0.1, 0.15) is 155 Å². The Morgan fingerprint density at radius 3 is 1.73 bits per heavy atom. The van der Waals surface area contributed by atoms with E-state index in [9.17, 15) is 22.9 Å². The number of allylic oxidation sites excluding steroid dienone is 6. The van der Waals surface area contributed by atoms with Gasteiger partial charge in [0.05, 0.1) is 17.9 Å². The Balaban J connectivity index is 4.01. The van der Waals surface area contributed by atoms with E-state index in [0.717, 1.165) is 77.0 Å². The van der Waals surface area contributed by atoms with E-state index in [4.69, 9.17) is 0 Å². The molecule has 2 atom stereocenters. The number of nitrogens with one attached hydrogen (secondary N) is 1. The molecule has 6 nitrogen and oxygen atoms in total. The van der Waals surface area contributed by atoms with Crippen LogP contribution in [-0.2, 0) is 14.9 Å². The number of hydrogen-bond donors (Lipinski definition) is 3. The molecule has 1 amide bonds. The molecule has 2 unspecified atom stereocenters. The van der Waals surface area contributed by atoms with Gasteiger partial charge in [-0.1, -0.05) is 140 Å². The molecular formula is C34H63NO5S. The average molecular weight is 598 g/mol. The zero-order valence-electron chi connectivity index (χ0n) is 26.4. The molecule has 7 heteroatoms. The third-order valence-electron chi connectivity index (χ3n) is 7.36. The van der Waals surface area contributed by atoms with Gasteiger partial charge in [-0.3, -0.25) is 9.35 Å². The normalized spacial score (nSPS) is 14.0. The fraction of sp³-hybridized carbons (Fsp3) is 0.794. The first-order chi connectivity index (χ1) is 19.8. The van der Waals surface area contributed by atoms with Crippen molar-refractivity contribution in [1.82, 2.24) is 5.32 Å². The minimum absolute atomic E-state index is 0.266. The highest BCUT2D eigenvalue weighted by Gasteiger charge is 2.26. The van der Waals surface area contributed by atoms with Gasteiger partial charge in [-0.15, -0.1) is 0 Å². The quantitative estimate of drug-likeness (QED) is 0.0453. The molecule has 0 aromatic heterocycles. The highest BCUT2D eigenvalue weighted by molar-refractivity contribution is 7.85. The standard InChI is InChI=1S/C34H63NO5S/c1-3-5-7-9-11-13-15-16-17-18-20-22-24-26-28-30-34(37)35-32(31-41(38,39)40)33(36)29-27-25-23-21-19-14-12-10-8-6-4-2/h5,7,11,13,16-17,32-33,36H,3-4,6,8-10,12,14-15,18-31H2,1-2H3,(H,35,37)(H,38,39,40)/b7-5-,13-11-,17-16-. The number of unbranched alkanes of at least 4 members (excludes halogenated alkanes) is 15. The molecule has 0 saturated heterocycles. The summed E-state index contributed by atoms with van der Waals surface area (Å²) >= 11 is 0. The van der Waals surface area contributed by atoms with Gasteiger partial charge in [0.15, 0.2) is 0 Å². The monoisotopic (exact) mass is 597 g/mol. The minimum Gasteiger partial charge on any atom is -0.391 e. The van der Waals surface area contributed by atoms with Crippen molar-refractivity contribution >= 4 is 16.0 Å². The lowest BCUT2D eigenvalue weighted by atomic mass is 10.0. The molecule has 0 radical (unpaired) electrons. The van der Waals surface area contributed by atoms with Gasteiger partial charge in [0.25, 0.3) is 10.1 Å². The van der Waals surface area contributed by atoms with Crippen LogP contribution in [-0.4, -0.2) is 41.9 Å². The number of carbonyl (C=O) groups is 1. The van der Waals surface area contributed by atoms with Crippen LogP contribution in [0.15, 0.2) is 36.5 Å². The van der Waals surface area contributed by atoms with Gasteiger partial charge < -0.3 is 10.4 Å². The topological polar surface area (TPSA) is 104 Å². The summed E-state index contributed by atoms with van der Waals surface area (Å²) in [5, 5.41) is 13.2. The average Bonchev–Trinajstić information content (AvgIpc) is 2.92. The Kier molecular flexibility index (Phi) is 27.7. The van der Waals surface area contributed by atoms with E-state index in [1.165, 1.54) is 51.4 Å². The summed E-state index contributed by atoms with van der Waals surface area (Å²) in [6.07, 6.45) is 35.2. The van der Waals surface area contributed by atoms with Gasteiger partial charge in [-0.25, -0.2) is 0 Å². The molecule has 0 rings (SSSR count). The summed E-state index contributed by atoms with van der Waals surface area (Å²) in [5.41, 5.74) is 0. The van der Waals surface area contributed by atoms with Gasteiger partial charge in [0.2, 0.25) is 5.91 Å². The second-order valence-electron chi connectivity index (χ2n) is 11.4. The zero-order chi connectivity index (χ0) is 30.4. The number of carbonyl (C=O) groups excluding carboxylic acids is 1. The third-order valence-corrected chi connectivity index (χ3v) is 8.14. The van der Waals surface area contributed by atoms with Crippen molar-refractivity contribution in [3.8, 4) is 0 Å². The van der Waals surface area contributed by atoms with Gasteiger partial charge in [-0.2, -0.15) is 8.42 Å². The molecule has 0 spiro atoms. The molecule has 0 aromatic carbocycles. The molecule has 0 fully saturated rings. The Hall–Kier alpha value is -1.44. The molecule has 240 valence electrons. The maximum atomic E-state index is 12.4. The van der Waals surface area contributed by atoms with Crippen LogP contribution in [0, 0.1) is 0 Å². The summed E-state index contributed by atoms with van der Waals surface area (Å²) in [4.78, 5) is 12.4. The number of aliphatic hydroxyl groups excluding tert-OH is 1. The lowest BCUT2D eigenvalue weighted by Crippen LogP contribution is -2.47. The molecule has 0 saturated carbocycles. The second-order valence-corrected chi connectivity index (χ2v) is 12.9. The zero-order valence-corrected chi connectivity index (χ0v) is 27.2. The Labute approximate surface area is 253 Å². The Bertz CT molecular complexity index is 791. The van der Waals surface area contributed by atoms with Crippen molar-refractivity contribution in [1.29, 1.82) is 0 Å². The Morgan fingerprint density at radius 2 is 1.17 bits per heavy atom. The van der Waals surface area contributed by atoms with Crippen LogP contribution in [0.4, 0.5) is 0 Å². The molecule has 41 heavy (non-hydrogen) atoms. The maximum absolute atomic E-state index is 12.4. The van der Waals surface area contributed by atoms with Crippen LogP contribution < -0.4 is 5.32 Å². The van der Waals surface area contributed by atoms with Crippen molar-refractivity contribution in [2.45, 2.75) is 167 Å². The van der Waals surface area contributed by atoms with E-state index in [1.54, 1.807) is 0 Å². The van der Waals surface area contributed by atoms with E-state index in [2.05, 4.69) is 55.6 Å². The summed E-state index contributed by atoms with van der Waals surface area (Å²) in [6.45, 7) is 4.37. The molecule has 0 aromatic rings. The van der Waals surface area contributed by atoms with Gasteiger partial charge in [0, 0.05) is 6.42 Å². The number of amides is 1. The van der Waals surface area contributed by atoms with E-state index < -0.39 is 28.0 Å². The van der Waals surface area contributed by atoms with Crippen LogP contribution in [0.2, 0.25) is 0 Å². The first kappa shape index (κ1) is 39.6. The summed E-state index contributed by atoms with van der Waals surface area (Å²) in [5.74, 6) is -0.922. The highest BCUT2D eigenvalue weighted by Crippen LogP contribution is 2.14. The predicted octanol–water partition coefficient (Wildman–Crippen LogP) is 9.01. The molecule has 0 aliphatic heterocycles. The predicted molar refractivity (Wildman–Crippen MR) is 175 cm³/mol. The van der Waals surface area contributed by atoms with Crippen LogP contribution in [0.5, 0.6) is 0 Å². The fourth-order valence-corrected chi connectivity index (χ4v) is 5.64. The van der Waals surface area contributed by atoms with Gasteiger partial charge in [-0.05, 0) is 44.9 Å². The Morgan fingerprint density at radius 1 is 0.683 bits per heavy atom. The van der Waals surface area contributed by atoms with Gasteiger partial charge >= 0.3 is 0 Å². The van der Waals surface area contributed by atoms with Crippen molar-refractivity contribution in [3.05, 3.63) is 36.5 Å². The largest absolute Gasteiger partial charge is 0.391 e. The minimum atomic E-state index is -4.31. The van der Waals surface area contributed by atoms with Crippen LogP contribution >= 0.6 is 0 Å². The molecule has 0 heterocycles. The number of aliphatic hydroxyl groups is 1. The van der Waals surface area contributed by atoms with E-state index in [-0.39, 0.29) is 5.91 Å². The summed E-state index contributed by atoms with van der Waals surface area (Å²) in [6, 6.07) is -0.977. The lowest BCUT2D eigenvalue weighted by molar-refractivity contribution is -0.122. The smallest absolute Gasteiger partial charge is 0.266 e. The first-order valence-electron chi connectivity index (χ1n) is 16.7. The SMILES string of the molecule is CC/C=C\C/C=C\C/C=C\CCCCCCCC(=O)NC(CS(=O)(=O)O)C(O)CCCCCCCCCCCCC. The lowest BCUT2D eigenvalue weighted by Gasteiger charge is -2.23. The van der Waals surface area contributed by atoms with Crippen molar-refractivity contribution in [2.75, 3.05) is 5.75 Å².